The van der Waals surface area contributed by atoms with E-state index in [1.165, 1.54) is 27.0 Å². The zero-order valence-corrected chi connectivity index (χ0v) is 59.3. The van der Waals surface area contributed by atoms with Gasteiger partial charge in [-0.2, -0.15) is 0 Å². The topological polar surface area (TPSA) is 128 Å². The van der Waals surface area contributed by atoms with Crippen molar-refractivity contribution >= 4 is 53.8 Å². The van der Waals surface area contributed by atoms with Crippen molar-refractivity contribution in [1.82, 2.24) is 0 Å². The number of ether oxygens (including phenoxy) is 12. The third kappa shape index (κ3) is 18.0. The van der Waals surface area contributed by atoms with Gasteiger partial charge in [-0.3, -0.25) is 4.79 Å². The molecule has 0 fully saturated rings. The molecule has 0 saturated heterocycles. The summed E-state index contributed by atoms with van der Waals surface area (Å²) >= 11 is 0. The van der Waals surface area contributed by atoms with Crippen LogP contribution in [0.15, 0.2) is 164 Å². The van der Waals surface area contributed by atoms with E-state index in [0.29, 0.717) is 51.7 Å². The number of carbonyl (C=O) groups is 1. The Bertz CT molecular complexity index is 3630. The zero-order valence-electron chi connectivity index (χ0n) is 56.8. The second-order valence-corrected chi connectivity index (χ2v) is 24.5. The third-order valence-electron chi connectivity index (χ3n) is 16.1. The van der Waals surface area contributed by atoms with Crippen LogP contribution >= 0.6 is 7.26 Å². The predicted octanol–water partition coefficient (Wildman–Crippen LogP) is 13.4. The summed E-state index contributed by atoms with van der Waals surface area (Å²) < 4.78 is 65.0. The monoisotopic (exact) mass is 1340 g/mol. The van der Waals surface area contributed by atoms with Crippen molar-refractivity contribution < 1.29 is 78.6 Å². The number of methoxy groups -OCH3 is 12. The van der Waals surface area contributed by atoms with E-state index in [9.17, 15) is 4.79 Å². The molecule has 9 rings (SSSR count). The van der Waals surface area contributed by atoms with E-state index in [0.717, 1.165) is 85.3 Å². The van der Waals surface area contributed by atoms with Gasteiger partial charge in [0.25, 0.3) is 0 Å². The number of aldehydes is 1. The fourth-order valence-electron chi connectivity index (χ4n) is 10.6. The average molecular weight is 1340 g/mol. The largest absolute Gasteiger partial charge is 1.00 e. The van der Waals surface area contributed by atoms with Crippen LogP contribution in [-0.2, 0) is 6.16 Å². The molecule has 9 aromatic carbocycles. The van der Waals surface area contributed by atoms with E-state index in [-0.39, 0.29) is 17.0 Å². The van der Waals surface area contributed by atoms with E-state index < -0.39 is 7.26 Å². The number of rotatable bonds is 22. The lowest BCUT2D eigenvalue weighted by atomic mass is 10.0. The van der Waals surface area contributed by atoms with E-state index in [1.54, 1.807) is 91.4 Å². The molecule has 490 valence electrons. The Labute approximate surface area is 561 Å². The molecule has 0 aliphatic heterocycles. The van der Waals surface area contributed by atoms with Gasteiger partial charge < -0.3 is 73.8 Å². The summed E-state index contributed by atoms with van der Waals surface area (Å²) in [7, 11) is 17.6. The molecule has 0 N–H and O–H groups in total. The minimum absolute atomic E-state index is 0. The predicted molar refractivity (Wildman–Crippen MR) is 378 cm³/mol. The van der Waals surface area contributed by atoms with E-state index in [4.69, 9.17) is 56.8 Å². The van der Waals surface area contributed by atoms with Crippen molar-refractivity contribution in [2.45, 2.75) is 47.7 Å². The van der Waals surface area contributed by atoms with Gasteiger partial charge in [-0.05, 0) is 200 Å². The molecule has 13 nitrogen and oxygen atoms in total. The maximum Gasteiger partial charge on any atom is 0.203 e. The number of hydrogen-bond donors (Lipinski definition) is 0. The fraction of sp³-hybridized carbons (Fsp3) is 0.244. The van der Waals surface area contributed by atoms with Crippen LogP contribution in [-0.4, -0.2) is 91.6 Å². The highest BCUT2D eigenvalue weighted by molar-refractivity contribution is 7.95. The Hall–Kier alpha value is -9.36. The molecule has 0 aliphatic rings. The highest BCUT2D eigenvalue weighted by Gasteiger charge is 2.45. The lowest BCUT2D eigenvalue weighted by Gasteiger charge is -2.28. The fourth-order valence-corrected chi connectivity index (χ4v) is 14.9. The van der Waals surface area contributed by atoms with Gasteiger partial charge in [0.2, 0.25) is 17.2 Å². The molecule has 0 spiro atoms. The highest BCUT2D eigenvalue weighted by atomic mass is 79.9. The maximum absolute atomic E-state index is 10.5. The number of hydrogen-bond acceptors (Lipinski definition) is 13. The molecule has 0 bridgehead atoms. The standard InChI is InChI=1S/C28H28O3P.2C20H24O4.C10H12O2.BrH/c1-29-26-19-22(20-27(30-2)28(26)31-3)21-32(23-13-7-4-8-14-23,24-15-9-5-10-16-24)25-17-11-6-12-18-25;2*1-13-14(2)17(21-3)10-9-16(13)8-7-15-11-18(22-4)20(24-6)19(12-15)23-5;1-7-8(2)10(12-3)5-4-9(7)6-11;/h4-20H,21H2,1-3H3;2*7-12H,1-6H3;4-6H,1-3H3;1H/q+1;;;;/p-1/b;8-7+;8-7-;;. The van der Waals surface area contributed by atoms with Gasteiger partial charge in [-0.1, -0.05) is 91.0 Å². The smallest absolute Gasteiger partial charge is 0.203 e. The van der Waals surface area contributed by atoms with E-state index in [1.807, 2.05) is 68.5 Å². The molecular formula is C78H88BrO13P. The molecule has 0 atom stereocenters. The minimum atomic E-state index is -2.01. The molecule has 15 heteroatoms. The third-order valence-corrected chi connectivity index (χ3v) is 20.5. The van der Waals surface area contributed by atoms with E-state index in [2.05, 4.69) is 155 Å². The second kappa shape index (κ2) is 36.6. The van der Waals surface area contributed by atoms with Crippen LogP contribution in [0, 0.1) is 41.5 Å². The summed E-state index contributed by atoms with van der Waals surface area (Å²) in [5, 5.41) is 4.02. The van der Waals surface area contributed by atoms with Gasteiger partial charge in [0.05, 0.1) is 91.5 Å². The Kier molecular flexibility index (Phi) is 29.3. The molecule has 0 heterocycles. The lowest BCUT2D eigenvalue weighted by molar-refractivity contribution is -0.0000279. The first-order valence-corrected chi connectivity index (χ1v) is 31.7. The summed E-state index contributed by atoms with van der Waals surface area (Å²) in [6.45, 7) is 12.2. The first-order chi connectivity index (χ1) is 44.5. The number of carbonyl (C=O) groups excluding carboxylic acids is 1. The Balaban J connectivity index is 0.000000234. The summed E-state index contributed by atoms with van der Waals surface area (Å²) in [4.78, 5) is 10.5. The van der Waals surface area contributed by atoms with Crippen LogP contribution in [0.2, 0.25) is 0 Å². The summed E-state index contributed by atoms with van der Waals surface area (Å²) in [6, 6.07) is 56.0. The summed E-state index contributed by atoms with van der Waals surface area (Å²) in [6.07, 6.45) is 9.89. The summed E-state index contributed by atoms with van der Waals surface area (Å²) in [5.41, 5.74) is 12.8. The number of halogens is 1. The Morgan fingerprint density at radius 2 is 0.548 bits per heavy atom. The summed E-state index contributed by atoms with van der Waals surface area (Å²) in [5.74, 6) is 8.33. The van der Waals surface area contributed by atoms with Gasteiger partial charge >= 0.3 is 0 Å². The van der Waals surface area contributed by atoms with Crippen LogP contribution in [0.5, 0.6) is 69.0 Å². The molecule has 0 unspecified atom stereocenters. The molecule has 9 aromatic rings. The van der Waals surface area contributed by atoms with Crippen LogP contribution in [0.4, 0.5) is 0 Å². The van der Waals surface area contributed by atoms with Crippen LogP contribution in [0.25, 0.3) is 24.3 Å². The van der Waals surface area contributed by atoms with Crippen molar-refractivity contribution in [1.29, 1.82) is 0 Å². The highest BCUT2D eigenvalue weighted by Crippen LogP contribution is 2.59. The first kappa shape index (κ1) is 74.4. The van der Waals surface area contributed by atoms with Crippen molar-refractivity contribution in [2.24, 2.45) is 0 Å². The Morgan fingerprint density at radius 1 is 0.290 bits per heavy atom. The van der Waals surface area contributed by atoms with E-state index >= 15 is 0 Å². The maximum atomic E-state index is 10.5. The zero-order chi connectivity index (χ0) is 66.9. The van der Waals surface area contributed by atoms with Crippen LogP contribution in [0.3, 0.4) is 0 Å². The van der Waals surface area contributed by atoms with Gasteiger partial charge in [-0.15, -0.1) is 0 Å². The Morgan fingerprint density at radius 3 is 0.806 bits per heavy atom. The quantitative estimate of drug-likeness (QED) is 0.0363. The van der Waals surface area contributed by atoms with Gasteiger partial charge in [0.15, 0.2) is 34.5 Å². The molecule has 93 heavy (non-hydrogen) atoms. The van der Waals surface area contributed by atoms with Gasteiger partial charge in [0.1, 0.15) is 46.7 Å². The molecule has 0 radical (unpaired) electrons. The van der Waals surface area contributed by atoms with Crippen molar-refractivity contribution in [3.05, 3.63) is 231 Å². The van der Waals surface area contributed by atoms with Gasteiger partial charge in [0, 0.05) is 5.56 Å². The first-order valence-electron chi connectivity index (χ1n) is 29.7. The molecule has 0 aliphatic carbocycles. The second-order valence-electron chi connectivity index (χ2n) is 21.0. The minimum Gasteiger partial charge on any atom is -1.00 e. The molecule has 0 aromatic heterocycles. The molecule has 0 saturated carbocycles. The van der Waals surface area contributed by atoms with Crippen molar-refractivity contribution in [3.8, 4) is 69.0 Å². The van der Waals surface area contributed by atoms with Crippen molar-refractivity contribution in [2.75, 3.05) is 85.3 Å². The number of benzene rings is 9. The molecular weight excluding hydrogens is 1260 g/mol. The lowest BCUT2D eigenvalue weighted by Crippen LogP contribution is -3.00. The van der Waals surface area contributed by atoms with Crippen molar-refractivity contribution in [3.63, 3.8) is 0 Å². The SMILES string of the molecule is COc1cc(C[P+](c2ccccc2)(c2ccccc2)c2ccccc2)cc(OC)c1OC.COc1ccc(/C=C/c2cc(OC)c(OC)c(OC)c2)c(C)c1C.COc1ccc(/C=C\c2cc(OC)c(OC)c(OC)c2)c(C)c1C.COc1ccc(C=O)c(C)c1C.[Br-]. The molecule has 0 amide bonds. The van der Waals surface area contributed by atoms with Crippen LogP contribution < -0.4 is 89.7 Å². The normalized spacial score (nSPS) is 10.6. The van der Waals surface area contributed by atoms with Crippen LogP contribution in [0.1, 0.15) is 71.6 Å². The average Bonchev–Trinajstić information content (AvgIpc) is 0.752. The van der Waals surface area contributed by atoms with Gasteiger partial charge in [-0.25, -0.2) is 0 Å².